The topological polar surface area (TPSA) is 235 Å². The van der Waals surface area contributed by atoms with Gasteiger partial charge in [-0.05, 0) is 44.6 Å². The van der Waals surface area contributed by atoms with Gasteiger partial charge in [-0.2, -0.15) is 0 Å². The number of carbonyl (C=O) groups is 4. The molecule has 0 aromatic heterocycles. The normalized spacial score (nSPS) is 26.3. The van der Waals surface area contributed by atoms with Crippen LogP contribution < -0.4 is 16.4 Å². The van der Waals surface area contributed by atoms with Crippen LogP contribution in [0, 0.1) is 11.3 Å². The predicted molar refractivity (Wildman–Crippen MR) is 155 cm³/mol. The number of benzene rings is 1. The number of anilines is 1. The largest absolute Gasteiger partial charge is 0.508 e. The number of primary amides is 2. The first kappa shape index (κ1) is 32.7. The first-order chi connectivity index (χ1) is 20.6. The van der Waals surface area contributed by atoms with Crippen molar-refractivity contribution in [3.63, 3.8) is 0 Å². The highest BCUT2D eigenvalue weighted by Crippen LogP contribution is 2.59. The number of ketones is 2. The van der Waals surface area contributed by atoms with E-state index in [4.69, 9.17) is 20.9 Å². The molecule has 240 valence electrons. The van der Waals surface area contributed by atoms with E-state index in [0.29, 0.717) is 11.3 Å². The molecule has 1 aromatic carbocycles. The minimum atomic E-state index is -2.80. The quantitative estimate of drug-likeness (QED) is 0.136. The molecule has 1 aromatic rings. The van der Waals surface area contributed by atoms with Crippen molar-refractivity contribution >= 4 is 35.0 Å². The lowest BCUT2D eigenvalue weighted by molar-refractivity contribution is -0.159. The number of nitrogens with two attached hydrogens (primary N) is 2. The van der Waals surface area contributed by atoms with Crippen molar-refractivity contribution in [1.82, 2.24) is 4.90 Å². The van der Waals surface area contributed by atoms with Crippen molar-refractivity contribution in [2.75, 3.05) is 66.1 Å². The molecule has 4 atom stereocenters. The van der Waals surface area contributed by atoms with Gasteiger partial charge < -0.3 is 51.0 Å². The molecule has 1 saturated carbocycles. The fourth-order valence-corrected chi connectivity index (χ4v) is 6.70. The predicted octanol–water partition coefficient (Wildman–Crippen LogP) is -0.471. The number of aliphatic hydroxyl groups is 3. The SMILES string of the molecule is CN(C)c1ccc(O)c2c1C[C@@]1(COCCOCCOC(N)=O)C[C@H]3[C@H](N(C)C)C(=O)C(C(N)=O)=C(O)[C@@]3(O)C(=O)C1=C2O. The van der Waals surface area contributed by atoms with E-state index in [9.17, 15) is 39.6 Å². The summed E-state index contributed by atoms with van der Waals surface area (Å²) >= 11 is 0. The molecular weight excluding hydrogens is 580 g/mol. The maximum absolute atomic E-state index is 14.4. The van der Waals surface area contributed by atoms with Crippen molar-refractivity contribution in [2.24, 2.45) is 22.8 Å². The van der Waals surface area contributed by atoms with Crippen LogP contribution in [0.25, 0.3) is 5.76 Å². The Bertz CT molecular complexity index is 1450. The lowest BCUT2D eigenvalue weighted by Gasteiger charge is -2.54. The lowest BCUT2D eigenvalue weighted by atomic mass is 9.51. The van der Waals surface area contributed by atoms with Gasteiger partial charge in [-0.25, -0.2) is 4.79 Å². The number of amides is 2. The highest BCUT2D eigenvalue weighted by Gasteiger charge is 2.67. The minimum Gasteiger partial charge on any atom is -0.508 e. The van der Waals surface area contributed by atoms with Crippen molar-refractivity contribution < 1.29 is 53.8 Å². The van der Waals surface area contributed by atoms with Gasteiger partial charge in [0.25, 0.3) is 5.91 Å². The second-order valence-corrected chi connectivity index (χ2v) is 11.6. The summed E-state index contributed by atoms with van der Waals surface area (Å²) in [5.74, 6) is -6.73. The van der Waals surface area contributed by atoms with Crippen molar-refractivity contribution in [3.05, 3.63) is 40.2 Å². The number of aromatic hydroxyl groups is 1. The number of hydrogen-bond acceptors (Lipinski definition) is 13. The average molecular weight is 619 g/mol. The molecular formula is C29H38N4O11. The number of carbonyl (C=O) groups excluding carboxylic acids is 4. The van der Waals surface area contributed by atoms with Gasteiger partial charge >= 0.3 is 6.09 Å². The Kier molecular flexibility index (Phi) is 8.98. The van der Waals surface area contributed by atoms with E-state index in [2.05, 4.69) is 4.74 Å². The van der Waals surface area contributed by atoms with Crippen molar-refractivity contribution in [3.8, 4) is 5.75 Å². The average Bonchev–Trinajstić information content (AvgIpc) is 2.91. The van der Waals surface area contributed by atoms with Crippen LogP contribution in [0.3, 0.4) is 0 Å². The lowest BCUT2D eigenvalue weighted by Crippen LogP contribution is -2.68. The van der Waals surface area contributed by atoms with E-state index in [0.717, 1.165) is 0 Å². The number of likely N-dealkylation sites (N-methyl/N-ethyl adjacent to an activating group) is 1. The van der Waals surface area contributed by atoms with E-state index in [1.807, 2.05) is 0 Å². The Morgan fingerprint density at radius 2 is 1.64 bits per heavy atom. The smallest absolute Gasteiger partial charge is 0.404 e. The number of aliphatic hydroxyl groups excluding tert-OH is 2. The van der Waals surface area contributed by atoms with Crippen LogP contribution in [-0.4, -0.2) is 122 Å². The van der Waals surface area contributed by atoms with Crippen LogP contribution in [0.5, 0.6) is 5.75 Å². The summed E-state index contributed by atoms with van der Waals surface area (Å²) in [7, 11) is 6.59. The van der Waals surface area contributed by atoms with Crippen LogP contribution in [0.4, 0.5) is 10.5 Å². The maximum atomic E-state index is 14.4. The molecule has 8 N–H and O–H groups in total. The molecule has 1 fully saturated rings. The summed E-state index contributed by atoms with van der Waals surface area (Å²) in [6, 6.07) is 1.77. The monoisotopic (exact) mass is 618 g/mol. The standard InChI is InChI=1S/C29H38N4O11/c1-32(2)16-5-6-17(34)18-14(16)11-28(13-43-8-7-42-9-10-44-27(31)40)12-15-21(33(3)4)23(36)19(26(30)39)24(37)29(15,41)25(38)20(28)22(18)35/h5-6,15,21,34-35,37,41H,7-13H2,1-4H3,(H2,30,39)(H2,31,40)/t15-,21-,28-,29+/m0/s1. The van der Waals surface area contributed by atoms with Crippen LogP contribution >= 0.6 is 0 Å². The molecule has 0 saturated heterocycles. The van der Waals surface area contributed by atoms with Gasteiger partial charge in [0.05, 0.1) is 43.6 Å². The molecule has 0 radical (unpaired) electrons. The van der Waals surface area contributed by atoms with Crippen LogP contribution in [0.15, 0.2) is 29.0 Å². The number of phenolic OH excluding ortho intramolecular Hbond substituents is 1. The van der Waals surface area contributed by atoms with Gasteiger partial charge in [0.1, 0.15) is 29.4 Å². The third-order valence-corrected chi connectivity index (χ3v) is 8.51. The van der Waals surface area contributed by atoms with Gasteiger partial charge in [0.2, 0.25) is 5.78 Å². The zero-order valence-electron chi connectivity index (χ0n) is 25.0. The Morgan fingerprint density at radius 1 is 1.00 bits per heavy atom. The second kappa shape index (κ2) is 12.1. The van der Waals surface area contributed by atoms with Crippen LogP contribution in [-0.2, 0) is 35.0 Å². The summed E-state index contributed by atoms with van der Waals surface area (Å²) in [6.07, 6.45) is -1.06. The maximum Gasteiger partial charge on any atom is 0.404 e. The molecule has 15 nitrogen and oxygen atoms in total. The summed E-state index contributed by atoms with van der Waals surface area (Å²) < 4.78 is 16.0. The fraction of sp³-hybridized carbons (Fsp3) is 0.517. The van der Waals surface area contributed by atoms with Gasteiger partial charge in [-0.1, -0.05) is 0 Å². The van der Waals surface area contributed by atoms with E-state index in [1.165, 1.54) is 25.1 Å². The molecule has 4 rings (SSSR count). The number of Topliss-reactive ketones (excluding diaryl/α,β-unsaturated/α-hetero) is 2. The second-order valence-electron chi connectivity index (χ2n) is 11.6. The van der Waals surface area contributed by atoms with Gasteiger partial charge in [-0.3, -0.25) is 19.3 Å². The highest BCUT2D eigenvalue weighted by atomic mass is 16.6. The Hall–Kier alpha value is -4.18. The molecule has 15 heteroatoms. The van der Waals surface area contributed by atoms with Crippen LogP contribution in [0.1, 0.15) is 17.5 Å². The highest BCUT2D eigenvalue weighted by molar-refractivity contribution is 6.24. The molecule has 3 aliphatic carbocycles. The van der Waals surface area contributed by atoms with Gasteiger partial charge in [0.15, 0.2) is 11.4 Å². The first-order valence-corrected chi connectivity index (χ1v) is 13.9. The molecule has 0 bridgehead atoms. The van der Waals surface area contributed by atoms with Gasteiger partial charge in [0, 0.05) is 31.1 Å². The molecule has 44 heavy (non-hydrogen) atoms. The zero-order valence-corrected chi connectivity index (χ0v) is 25.0. The third-order valence-electron chi connectivity index (χ3n) is 8.51. The van der Waals surface area contributed by atoms with E-state index < -0.39 is 63.6 Å². The van der Waals surface area contributed by atoms with E-state index >= 15 is 0 Å². The third kappa shape index (κ3) is 5.25. The van der Waals surface area contributed by atoms with E-state index in [-0.39, 0.29) is 62.8 Å². The van der Waals surface area contributed by atoms with Crippen molar-refractivity contribution in [1.29, 1.82) is 0 Å². The van der Waals surface area contributed by atoms with E-state index in [1.54, 1.807) is 25.1 Å². The fourth-order valence-electron chi connectivity index (χ4n) is 6.70. The molecule has 2 amide bonds. The van der Waals surface area contributed by atoms with Crippen LogP contribution in [0.2, 0.25) is 0 Å². The number of phenols is 1. The minimum absolute atomic E-state index is 0.00986. The molecule has 0 aliphatic heterocycles. The molecule has 0 unspecified atom stereocenters. The molecule has 0 spiro atoms. The number of ether oxygens (including phenoxy) is 3. The number of rotatable bonds is 11. The number of fused-ring (bicyclic) bond motifs is 3. The summed E-state index contributed by atoms with van der Waals surface area (Å²) in [4.78, 5) is 54.1. The molecule has 0 heterocycles. The Morgan fingerprint density at radius 3 is 2.23 bits per heavy atom. The van der Waals surface area contributed by atoms with Crippen molar-refractivity contribution in [2.45, 2.75) is 24.5 Å². The zero-order chi connectivity index (χ0) is 32.7. The number of hydrogen-bond donors (Lipinski definition) is 6. The Labute approximate surface area is 253 Å². The Balaban J connectivity index is 1.84. The summed E-state index contributed by atoms with van der Waals surface area (Å²) in [6.45, 7) is -0.136. The number of nitrogens with zero attached hydrogens (tertiary/aromatic N) is 2. The summed E-state index contributed by atoms with van der Waals surface area (Å²) in [5.41, 5.74) is 6.06. The van der Waals surface area contributed by atoms with Gasteiger partial charge in [-0.15, -0.1) is 0 Å². The summed E-state index contributed by atoms with van der Waals surface area (Å²) in [5, 5.41) is 45.6. The molecule has 3 aliphatic rings. The first-order valence-electron chi connectivity index (χ1n) is 13.9.